The van der Waals surface area contributed by atoms with E-state index < -0.39 is 5.60 Å². The van der Waals surface area contributed by atoms with Gasteiger partial charge in [-0.3, -0.25) is 0 Å². The van der Waals surface area contributed by atoms with Crippen molar-refractivity contribution in [2.24, 2.45) is 0 Å². The molecule has 0 saturated heterocycles. The molecule has 94 valence electrons. The maximum absolute atomic E-state index is 5.94. The van der Waals surface area contributed by atoms with Crippen molar-refractivity contribution in [1.82, 2.24) is 9.97 Å². The third-order valence-corrected chi connectivity index (χ3v) is 3.76. The number of rotatable bonds is 2. The highest BCUT2D eigenvalue weighted by Gasteiger charge is 2.36. The summed E-state index contributed by atoms with van der Waals surface area (Å²) >= 11 is 11.9. The Morgan fingerprint density at radius 2 is 1.59 bits per heavy atom. The van der Waals surface area contributed by atoms with Crippen molar-refractivity contribution in [1.29, 1.82) is 0 Å². The van der Waals surface area contributed by atoms with Crippen molar-refractivity contribution in [2.45, 2.75) is 44.1 Å². The van der Waals surface area contributed by atoms with E-state index in [0.29, 0.717) is 16.1 Å². The highest BCUT2D eigenvalue weighted by molar-refractivity contribution is 6.33. The predicted octanol–water partition coefficient (Wildman–Crippen LogP) is 3.98. The van der Waals surface area contributed by atoms with Crippen LogP contribution in [0.1, 0.15) is 44.3 Å². The van der Waals surface area contributed by atoms with Gasteiger partial charge in [0.25, 0.3) is 0 Å². The lowest BCUT2D eigenvalue weighted by atomic mass is 9.93. The average Bonchev–Trinajstić information content (AvgIpc) is 2.53. The molecule has 1 aromatic heterocycles. The highest BCUT2D eigenvalue weighted by atomic mass is 35.5. The molecule has 3 nitrogen and oxygen atoms in total. The van der Waals surface area contributed by atoms with Crippen LogP contribution < -0.4 is 0 Å². The van der Waals surface area contributed by atoms with Crippen molar-refractivity contribution in [3.63, 3.8) is 0 Å². The zero-order chi connectivity index (χ0) is 12.3. The number of aromatic nitrogens is 2. The molecule has 0 bridgehead atoms. The Morgan fingerprint density at radius 1 is 1.06 bits per heavy atom. The van der Waals surface area contributed by atoms with Gasteiger partial charge in [0.1, 0.15) is 15.9 Å². The number of nitrogens with zero attached hydrogens (tertiary/aromatic N) is 2. The summed E-state index contributed by atoms with van der Waals surface area (Å²) in [6.45, 7) is 0. The van der Waals surface area contributed by atoms with Crippen molar-refractivity contribution in [3.8, 4) is 0 Å². The molecular formula is C12H16Cl2N2O. The zero-order valence-electron chi connectivity index (χ0n) is 9.88. The quantitative estimate of drug-likeness (QED) is 0.605. The molecular weight excluding hydrogens is 259 g/mol. The second-order valence-electron chi connectivity index (χ2n) is 4.45. The molecule has 1 aliphatic carbocycles. The summed E-state index contributed by atoms with van der Waals surface area (Å²) in [5, 5.41) is 0.751. The molecule has 1 heterocycles. The lowest BCUT2D eigenvalue weighted by Gasteiger charge is -2.29. The topological polar surface area (TPSA) is 35.0 Å². The van der Waals surface area contributed by atoms with Gasteiger partial charge >= 0.3 is 0 Å². The largest absolute Gasteiger partial charge is 0.370 e. The number of halogens is 2. The third-order valence-electron chi connectivity index (χ3n) is 3.37. The van der Waals surface area contributed by atoms with Gasteiger partial charge in [-0.25, -0.2) is 9.97 Å². The first-order chi connectivity index (χ1) is 8.16. The van der Waals surface area contributed by atoms with Crippen LogP contribution in [0, 0.1) is 0 Å². The van der Waals surface area contributed by atoms with Crippen LogP contribution in [0.3, 0.4) is 0 Å². The Morgan fingerprint density at radius 3 is 2.06 bits per heavy atom. The molecule has 2 rings (SSSR count). The maximum Gasteiger partial charge on any atom is 0.163 e. The minimum atomic E-state index is -0.412. The average molecular weight is 275 g/mol. The standard InChI is InChI=1S/C12H16Cl2N2O/c1-17-12(6-4-2-3-5-7-12)11-15-9(13)8-10(14)16-11/h8H,2-7H2,1H3. The van der Waals surface area contributed by atoms with Crippen LogP contribution in [0.15, 0.2) is 6.07 Å². The Bertz CT molecular complexity index is 370. The normalized spacial score (nSPS) is 19.9. The Labute approximate surface area is 112 Å². The molecule has 17 heavy (non-hydrogen) atoms. The van der Waals surface area contributed by atoms with Crippen LogP contribution in [0.25, 0.3) is 0 Å². The van der Waals surface area contributed by atoms with Gasteiger partial charge in [-0.2, -0.15) is 0 Å². The summed E-state index contributed by atoms with van der Waals surface area (Å²) in [5.41, 5.74) is -0.412. The van der Waals surface area contributed by atoms with Crippen LogP contribution in [-0.4, -0.2) is 17.1 Å². The molecule has 0 radical (unpaired) electrons. The Hall–Kier alpha value is -0.380. The summed E-state index contributed by atoms with van der Waals surface area (Å²) in [7, 11) is 1.71. The first-order valence-corrected chi connectivity index (χ1v) is 6.68. The predicted molar refractivity (Wildman–Crippen MR) is 68.4 cm³/mol. The van der Waals surface area contributed by atoms with Crippen molar-refractivity contribution in [2.75, 3.05) is 7.11 Å². The van der Waals surface area contributed by atoms with Crippen LogP contribution >= 0.6 is 23.2 Å². The van der Waals surface area contributed by atoms with E-state index in [2.05, 4.69) is 9.97 Å². The van der Waals surface area contributed by atoms with Crippen molar-refractivity contribution >= 4 is 23.2 Å². The fraction of sp³-hybridized carbons (Fsp3) is 0.667. The van der Waals surface area contributed by atoms with E-state index in [9.17, 15) is 0 Å². The van der Waals surface area contributed by atoms with Gasteiger partial charge in [0.05, 0.1) is 0 Å². The minimum absolute atomic E-state index is 0.376. The van der Waals surface area contributed by atoms with E-state index in [-0.39, 0.29) is 0 Å². The molecule has 0 aromatic carbocycles. The molecule has 0 amide bonds. The van der Waals surface area contributed by atoms with Gasteiger partial charge in [-0.15, -0.1) is 0 Å². The van der Waals surface area contributed by atoms with E-state index >= 15 is 0 Å². The number of ether oxygens (including phenoxy) is 1. The molecule has 0 aliphatic heterocycles. The summed E-state index contributed by atoms with van der Waals surface area (Å²) in [4.78, 5) is 8.57. The highest BCUT2D eigenvalue weighted by Crippen LogP contribution is 2.37. The zero-order valence-corrected chi connectivity index (χ0v) is 11.4. The third kappa shape index (κ3) is 2.90. The second-order valence-corrected chi connectivity index (χ2v) is 5.22. The van der Waals surface area contributed by atoms with Gasteiger partial charge in [-0.1, -0.05) is 48.9 Å². The molecule has 0 spiro atoms. The van der Waals surface area contributed by atoms with Gasteiger partial charge in [0, 0.05) is 13.2 Å². The first kappa shape index (κ1) is 13.1. The molecule has 1 aliphatic rings. The smallest absolute Gasteiger partial charge is 0.163 e. The van der Waals surface area contributed by atoms with Crippen LogP contribution in [0.2, 0.25) is 10.3 Å². The van der Waals surface area contributed by atoms with Crippen molar-refractivity contribution < 1.29 is 4.74 Å². The molecule has 0 atom stereocenters. The van der Waals surface area contributed by atoms with E-state index in [1.807, 2.05) is 0 Å². The van der Waals surface area contributed by atoms with Crippen LogP contribution in [-0.2, 0) is 10.3 Å². The SMILES string of the molecule is COC1(c2nc(Cl)cc(Cl)n2)CCCCCC1. The van der Waals surface area contributed by atoms with E-state index in [0.717, 1.165) is 25.7 Å². The molecule has 0 unspecified atom stereocenters. The number of hydrogen-bond donors (Lipinski definition) is 0. The fourth-order valence-electron chi connectivity index (χ4n) is 2.41. The molecule has 0 N–H and O–H groups in total. The molecule has 5 heteroatoms. The number of methoxy groups -OCH3 is 1. The minimum Gasteiger partial charge on any atom is -0.370 e. The van der Waals surface area contributed by atoms with Crippen LogP contribution in [0.4, 0.5) is 0 Å². The fourth-order valence-corrected chi connectivity index (χ4v) is 2.84. The summed E-state index contributed by atoms with van der Waals surface area (Å²) < 4.78 is 5.71. The molecule has 1 aromatic rings. The monoisotopic (exact) mass is 274 g/mol. The second kappa shape index (κ2) is 5.51. The lowest BCUT2D eigenvalue weighted by molar-refractivity contribution is -0.0351. The first-order valence-electron chi connectivity index (χ1n) is 5.92. The Kier molecular flexibility index (Phi) is 4.23. The maximum atomic E-state index is 5.94. The summed E-state index contributed by atoms with van der Waals surface area (Å²) in [6.07, 6.45) is 6.59. The number of hydrogen-bond acceptors (Lipinski definition) is 3. The van der Waals surface area contributed by atoms with E-state index in [4.69, 9.17) is 27.9 Å². The molecule has 1 fully saturated rings. The van der Waals surface area contributed by atoms with Gasteiger partial charge in [0.2, 0.25) is 0 Å². The van der Waals surface area contributed by atoms with Gasteiger partial charge in [0.15, 0.2) is 5.82 Å². The van der Waals surface area contributed by atoms with Gasteiger partial charge in [-0.05, 0) is 12.8 Å². The summed E-state index contributed by atoms with van der Waals surface area (Å²) in [6, 6.07) is 1.55. The van der Waals surface area contributed by atoms with Crippen LogP contribution in [0.5, 0.6) is 0 Å². The van der Waals surface area contributed by atoms with Crippen molar-refractivity contribution in [3.05, 3.63) is 22.2 Å². The van der Waals surface area contributed by atoms with Gasteiger partial charge < -0.3 is 4.74 Å². The lowest BCUT2D eigenvalue weighted by Crippen LogP contribution is -2.30. The molecule has 1 saturated carbocycles. The van der Waals surface area contributed by atoms with E-state index in [1.54, 1.807) is 13.2 Å². The Balaban J connectivity index is 2.38. The summed E-state index contributed by atoms with van der Waals surface area (Å²) in [5.74, 6) is 0.624. The van der Waals surface area contributed by atoms with E-state index in [1.165, 1.54) is 12.8 Å².